The van der Waals surface area contributed by atoms with Crippen LogP contribution in [0.25, 0.3) is 10.2 Å². The molecule has 0 unspecified atom stereocenters. The normalized spacial score (nSPS) is 14.3. The number of hydrogen-bond donors (Lipinski definition) is 0. The van der Waals surface area contributed by atoms with Gasteiger partial charge in [-0.1, -0.05) is 12.1 Å². The zero-order valence-corrected chi connectivity index (χ0v) is 16.2. The van der Waals surface area contributed by atoms with E-state index in [9.17, 15) is 13.2 Å². The summed E-state index contributed by atoms with van der Waals surface area (Å²) in [6.07, 6.45) is 4.62. The van der Waals surface area contributed by atoms with Crippen molar-refractivity contribution in [2.24, 2.45) is 0 Å². The lowest BCUT2D eigenvalue weighted by Crippen LogP contribution is -2.23. The quantitative estimate of drug-likeness (QED) is 0.686. The molecule has 26 heavy (non-hydrogen) atoms. The molecule has 136 valence electrons. The van der Waals surface area contributed by atoms with Crippen molar-refractivity contribution in [3.63, 3.8) is 0 Å². The Balaban J connectivity index is 1.75. The zero-order valence-electron chi connectivity index (χ0n) is 14.6. The SMILES string of the molecule is CN(C)S(=O)(=O)c1cccc(Cn2cnc3sc4c(c3c2=O)CCC4)c1. The van der Waals surface area contributed by atoms with E-state index in [1.54, 1.807) is 40.4 Å². The fraction of sp³-hybridized carbons (Fsp3) is 0.333. The Morgan fingerprint density at radius 1 is 1.27 bits per heavy atom. The Kier molecular flexibility index (Phi) is 4.21. The highest BCUT2D eigenvalue weighted by molar-refractivity contribution is 7.89. The average Bonchev–Trinajstić information content (AvgIpc) is 3.18. The van der Waals surface area contributed by atoms with Gasteiger partial charge < -0.3 is 0 Å². The van der Waals surface area contributed by atoms with Crippen molar-refractivity contribution in [1.82, 2.24) is 13.9 Å². The molecule has 1 aliphatic carbocycles. The highest BCUT2D eigenvalue weighted by atomic mass is 32.2. The Hall–Kier alpha value is -2.03. The highest BCUT2D eigenvalue weighted by Crippen LogP contribution is 2.34. The summed E-state index contributed by atoms with van der Waals surface area (Å²) in [5.41, 5.74) is 1.86. The zero-order chi connectivity index (χ0) is 18.5. The first-order valence-electron chi connectivity index (χ1n) is 8.39. The van der Waals surface area contributed by atoms with Crippen LogP contribution in [0.1, 0.15) is 22.4 Å². The first-order chi connectivity index (χ1) is 12.4. The average molecular weight is 390 g/mol. The van der Waals surface area contributed by atoms with Gasteiger partial charge in [0.15, 0.2) is 0 Å². The van der Waals surface area contributed by atoms with Crippen molar-refractivity contribution in [3.05, 3.63) is 57.0 Å². The van der Waals surface area contributed by atoms with Gasteiger partial charge in [0.25, 0.3) is 5.56 Å². The minimum atomic E-state index is -3.50. The van der Waals surface area contributed by atoms with Crippen LogP contribution in [-0.4, -0.2) is 36.4 Å². The molecule has 4 rings (SSSR count). The molecule has 0 bridgehead atoms. The van der Waals surface area contributed by atoms with E-state index in [0.717, 1.165) is 40.6 Å². The van der Waals surface area contributed by atoms with Crippen LogP contribution in [0.4, 0.5) is 0 Å². The van der Waals surface area contributed by atoms with Gasteiger partial charge in [0.2, 0.25) is 10.0 Å². The van der Waals surface area contributed by atoms with E-state index in [2.05, 4.69) is 4.98 Å². The molecule has 0 spiro atoms. The molecule has 2 aromatic heterocycles. The van der Waals surface area contributed by atoms with Crippen LogP contribution < -0.4 is 5.56 Å². The number of benzene rings is 1. The molecular weight excluding hydrogens is 370 g/mol. The van der Waals surface area contributed by atoms with Crippen molar-refractivity contribution < 1.29 is 8.42 Å². The van der Waals surface area contributed by atoms with Crippen molar-refractivity contribution >= 4 is 31.6 Å². The van der Waals surface area contributed by atoms with Crippen molar-refractivity contribution in [2.45, 2.75) is 30.7 Å². The van der Waals surface area contributed by atoms with Crippen LogP contribution in [0.5, 0.6) is 0 Å². The standard InChI is InChI=1S/C18H19N3O3S2/c1-20(2)26(23,24)13-6-3-5-12(9-13)10-21-11-19-17-16(18(21)22)14-7-4-8-15(14)25-17/h3,5-6,9,11H,4,7-8,10H2,1-2H3. The maximum absolute atomic E-state index is 12.9. The molecule has 6 nitrogen and oxygen atoms in total. The Labute approximate surface area is 155 Å². The van der Waals surface area contributed by atoms with Gasteiger partial charge in [0.05, 0.1) is 23.2 Å². The summed E-state index contributed by atoms with van der Waals surface area (Å²) in [5, 5.41) is 0.738. The fourth-order valence-corrected chi connectivity index (χ4v) is 5.54. The van der Waals surface area contributed by atoms with Crippen LogP contribution in [0, 0.1) is 0 Å². The monoisotopic (exact) mass is 389 g/mol. The summed E-state index contributed by atoms with van der Waals surface area (Å²) in [7, 11) is -0.501. The van der Waals surface area contributed by atoms with Gasteiger partial charge in [-0.25, -0.2) is 17.7 Å². The van der Waals surface area contributed by atoms with Gasteiger partial charge >= 0.3 is 0 Å². The van der Waals surface area contributed by atoms with E-state index in [1.807, 2.05) is 6.07 Å². The molecular formula is C18H19N3O3S2. The largest absolute Gasteiger partial charge is 0.294 e. The number of nitrogens with zero attached hydrogens (tertiary/aromatic N) is 3. The van der Waals surface area contributed by atoms with Gasteiger partial charge in [0, 0.05) is 19.0 Å². The van der Waals surface area contributed by atoms with E-state index in [0.29, 0.717) is 6.54 Å². The van der Waals surface area contributed by atoms with Crippen molar-refractivity contribution in [3.8, 4) is 0 Å². The molecule has 1 aromatic carbocycles. The van der Waals surface area contributed by atoms with E-state index in [1.165, 1.54) is 23.3 Å². The van der Waals surface area contributed by atoms with Crippen LogP contribution in [0.15, 0.2) is 40.3 Å². The molecule has 2 heterocycles. The summed E-state index contributed by atoms with van der Waals surface area (Å²) >= 11 is 1.62. The van der Waals surface area contributed by atoms with Crippen LogP contribution in [0.2, 0.25) is 0 Å². The van der Waals surface area contributed by atoms with Gasteiger partial charge in [-0.05, 0) is 42.5 Å². The lowest BCUT2D eigenvalue weighted by atomic mass is 10.2. The highest BCUT2D eigenvalue weighted by Gasteiger charge is 2.21. The van der Waals surface area contributed by atoms with E-state index >= 15 is 0 Å². The lowest BCUT2D eigenvalue weighted by molar-refractivity contribution is 0.520. The Morgan fingerprint density at radius 2 is 2.08 bits per heavy atom. The third kappa shape index (κ3) is 2.78. The molecule has 0 saturated heterocycles. The number of fused-ring (bicyclic) bond motifs is 3. The molecule has 0 fully saturated rings. The minimum Gasteiger partial charge on any atom is -0.294 e. The number of aryl methyl sites for hydroxylation is 2. The first-order valence-corrected chi connectivity index (χ1v) is 10.6. The maximum atomic E-state index is 12.9. The molecule has 0 radical (unpaired) electrons. The van der Waals surface area contributed by atoms with E-state index < -0.39 is 10.0 Å². The van der Waals surface area contributed by atoms with Gasteiger partial charge in [-0.2, -0.15) is 0 Å². The predicted octanol–water partition coefficient (Wildman–Crippen LogP) is 2.25. The van der Waals surface area contributed by atoms with Gasteiger partial charge in [-0.3, -0.25) is 9.36 Å². The second-order valence-corrected chi connectivity index (χ2v) is 9.89. The first kappa shape index (κ1) is 17.4. The predicted molar refractivity (Wildman–Crippen MR) is 102 cm³/mol. The summed E-state index contributed by atoms with van der Waals surface area (Å²) < 4.78 is 27.4. The van der Waals surface area contributed by atoms with Crippen molar-refractivity contribution in [1.29, 1.82) is 0 Å². The van der Waals surface area contributed by atoms with Gasteiger partial charge in [0.1, 0.15) is 4.83 Å². The molecule has 0 saturated carbocycles. The Bertz CT molecular complexity index is 1160. The molecule has 0 N–H and O–H groups in total. The Morgan fingerprint density at radius 3 is 2.85 bits per heavy atom. The van der Waals surface area contributed by atoms with Gasteiger partial charge in [-0.15, -0.1) is 11.3 Å². The van der Waals surface area contributed by atoms with Crippen LogP contribution in [0.3, 0.4) is 0 Å². The number of sulfonamides is 1. The second kappa shape index (κ2) is 6.29. The molecule has 0 atom stereocenters. The number of thiophene rings is 1. The third-order valence-electron chi connectivity index (χ3n) is 4.72. The minimum absolute atomic E-state index is 0.0460. The molecule has 0 aliphatic heterocycles. The number of aromatic nitrogens is 2. The second-order valence-electron chi connectivity index (χ2n) is 6.65. The maximum Gasteiger partial charge on any atom is 0.262 e. The van der Waals surface area contributed by atoms with E-state index in [4.69, 9.17) is 0 Å². The van der Waals surface area contributed by atoms with Crippen molar-refractivity contribution in [2.75, 3.05) is 14.1 Å². The molecule has 8 heteroatoms. The summed E-state index contributed by atoms with van der Waals surface area (Å²) in [6, 6.07) is 6.70. The smallest absolute Gasteiger partial charge is 0.262 e. The molecule has 3 aromatic rings. The topological polar surface area (TPSA) is 72.3 Å². The van der Waals surface area contributed by atoms with E-state index in [-0.39, 0.29) is 10.5 Å². The summed E-state index contributed by atoms with van der Waals surface area (Å²) in [5.74, 6) is 0. The summed E-state index contributed by atoms with van der Waals surface area (Å²) in [4.78, 5) is 19.7. The fourth-order valence-electron chi connectivity index (χ4n) is 3.34. The van der Waals surface area contributed by atoms with Crippen LogP contribution >= 0.6 is 11.3 Å². The lowest BCUT2D eigenvalue weighted by Gasteiger charge is -2.12. The number of hydrogen-bond acceptors (Lipinski definition) is 5. The summed E-state index contributed by atoms with van der Waals surface area (Å²) in [6.45, 7) is 0.295. The third-order valence-corrected chi connectivity index (χ3v) is 7.73. The molecule has 0 amide bonds. The molecule has 1 aliphatic rings. The van der Waals surface area contributed by atoms with Crippen LogP contribution in [-0.2, 0) is 29.4 Å². The number of rotatable bonds is 4.